The van der Waals surface area contributed by atoms with Gasteiger partial charge in [0.25, 0.3) is 5.91 Å². The van der Waals surface area contributed by atoms with Crippen LogP contribution >= 0.6 is 11.3 Å². The maximum absolute atomic E-state index is 13.0. The highest BCUT2D eigenvalue weighted by Gasteiger charge is 2.29. The van der Waals surface area contributed by atoms with Gasteiger partial charge in [-0.05, 0) is 48.1 Å². The van der Waals surface area contributed by atoms with Crippen LogP contribution in [0.25, 0.3) is 0 Å². The number of carbonyl (C=O) groups is 2. The molecule has 1 heterocycles. The zero-order chi connectivity index (χ0) is 23.3. The van der Waals surface area contributed by atoms with Crippen LogP contribution in [0.1, 0.15) is 33.6 Å². The number of carbonyl (C=O) groups excluding carboxylic acids is 2. The van der Waals surface area contributed by atoms with Gasteiger partial charge in [0.1, 0.15) is 6.04 Å². The summed E-state index contributed by atoms with van der Waals surface area (Å²) in [6, 6.07) is 18.4. The maximum atomic E-state index is 13.0. The molecule has 33 heavy (non-hydrogen) atoms. The summed E-state index contributed by atoms with van der Waals surface area (Å²) in [4.78, 5) is 26.6. The molecule has 3 aromatic rings. The molecule has 0 bridgehead atoms. The van der Waals surface area contributed by atoms with Gasteiger partial charge in [-0.3, -0.25) is 9.59 Å². The van der Waals surface area contributed by atoms with Crippen LogP contribution in [0.5, 0.6) is 0 Å². The van der Waals surface area contributed by atoms with Crippen molar-refractivity contribution < 1.29 is 18.0 Å². The normalized spacial score (nSPS) is 14.4. The number of benzene rings is 2. The molecule has 1 atom stereocenters. The number of rotatable bonds is 10. The summed E-state index contributed by atoms with van der Waals surface area (Å²) in [5.41, 5.74) is 1.09. The van der Waals surface area contributed by atoms with E-state index in [0.717, 1.165) is 23.3 Å². The van der Waals surface area contributed by atoms with Crippen LogP contribution in [-0.2, 0) is 27.8 Å². The topological polar surface area (TPSA) is 104 Å². The van der Waals surface area contributed by atoms with Crippen LogP contribution in [-0.4, -0.2) is 32.3 Å². The Hall–Kier alpha value is -3.01. The number of amides is 2. The molecule has 1 fully saturated rings. The Labute approximate surface area is 197 Å². The lowest BCUT2D eigenvalue weighted by atomic mass is 10.0. The molecule has 1 aliphatic rings. The largest absolute Gasteiger partial charge is 0.352 e. The number of thiophene rings is 1. The third kappa shape index (κ3) is 6.50. The second-order valence-corrected chi connectivity index (χ2v) is 10.7. The molecule has 0 spiro atoms. The first-order chi connectivity index (χ1) is 15.9. The van der Waals surface area contributed by atoms with E-state index in [9.17, 15) is 18.0 Å². The standard InChI is InChI=1S/C24H25N3O4S2/c28-23(27-22(24(29)26-19-11-12-19)14-17-6-2-1-3-7-17)18-8-4-10-21(15-18)33(30,31)25-16-20-9-5-13-32-20/h1-10,13,15,19,22,25H,11-12,14,16H2,(H,26,29)(H,27,28). The van der Waals surface area contributed by atoms with Gasteiger partial charge in [0, 0.05) is 29.4 Å². The number of sulfonamides is 1. The number of hydrogen-bond donors (Lipinski definition) is 3. The van der Waals surface area contributed by atoms with Gasteiger partial charge in [-0.1, -0.05) is 42.5 Å². The van der Waals surface area contributed by atoms with Crippen molar-refractivity contribution in [2.24, 2.45) is 0 Å². The zero-order valence-corrected chi connectivity index (χ0v) is 19.5. The summed E-state index contributed by atoms with van der Waals surface area (Å²) < 4.78 is 28.0. The van der Waals surface area contributed by atoms with Gasteiger partial charge in [0.05, 0.1) is 4.90 Å². The second kappa shape index (κ2) is 10.3. The summed E-state index contributed by atoms with van der Waals surface area (Å²) in [7, 11) is -3.80. The van der Waals surface area contributed by atoms with E-state index in [0.29, 0.717) is 6.42 Å². The van der Waals surface area contributed by atoms with Crippen LogP contribution in [0.3, 0.4) is 0 Å². The summed E-state index contributed by atoms with van der Waals surface area (Å²) in [6.07, 6.45) is 2.22. The molecule has 3 N–H and O–H groups in total. The molecule has 2 amide bonds. The summed E-state index contributed by atoms with van der Waals surface area (Å²) in [5, 5.41) is 7.60. The van der Waals surface area contributed by atoms with Crippen molar-refractivity contribution in [1.82, 2.24) is 15.4 Å². The molecule has 0 saturated heterocycles. The van der Waals surface area contributed by atoms with Crippen molar-refractivity contribution >= 4 is 33.2 Å². The quantitative estimate of drug-likeness (QED) is 0.412. The average Bonchev–Trinajstić information content (AvgIpc) is 3.47. The van der Waals surface area contributed by atoms with Gasteiger partial charge < -0.3 is 10.6 Å². The molecule has 0 aliphatic heterocycles. The lowest BCUT2D eigenvalue weighted by molar-refractivity contribution is -0.123. The van der Waals surface area contributed by atoms with Gasteiger partial charge in [-0.25, -0.2) is 13.1 Å². The molecule has 9 heteroatoms. The van der Waals surface area contributed by atoms with Crippen LogP contribution in [0.4, 0.5) is 0 Å². The Kier molecular flexibility index (Phi) is 7.22. The van der Waals surface area contributed by atoms with E-state index >= 15 is 0 Å². The smallest absolute Gasteiger partial charge is 0.251 e. The van der Waals surface area contributed by atoms with E-state index in [1.165, 1.54) is 35.6 Å². The van der Waals surface area contributed by atoms with E-state index in [4.69, 9.17) is 0 Å². The van der Waals surface area contributed by atoms with E-state index < -0.39 is 22.0 Å². The Morgan fingerprint density at radius 3 is 2.48 bits per heavy atom. The van der Waals surface area contributed by atoms with Crippen LogP contribution < -0.4 is 15.4 Å². The first-order valence-corrected chi connectivity index (χ1v) is 13.0. The van der Waals surface area contributed by atoms with Gasteiger partial charge in [-0.2, -0.15) is 0 Å². The molecule has 7 nitrogen and oxygen atoms in total. The van der Waals surface area contributed by atoms with Crippen molar-refractivity contribution in [3.05, 3.63) is 88.1 Å². The minimum atomic E-state index is -3.80. The lowest BCUT2D eigenvalue weighted by Gasteiger charge is -2.19. The zero-order valence-electron chi connectivity index (χ0n) is 17.9. The first-order valence-electron chi connectivity index (χ1n) is 10.7. The average molecular weight is 484 g/mol. The lowest BCUT2D eigenvalue weighted by Crippen LogP contribution is -2.48. The molecule has 1 unspecified atom stereocenters. The van der Waals surface area contributed by atoms with E-state index in [1.54, 1.807) is 0 Å². The fraction of sp³-hybridized carbons (Fsp3) is 0.250. The van der Waals surface area contributed by atoms with Crippen molar-refractivity contribution in [3.8, 4) is 0 Å². The third-order valence-corrected chi connectivity index (χ3v) is 7.53. The predicted molar refractivity (Wildman–Crippen MR) is 127 cm³/mol. The Morgan fingerprint density at radius 1 is 1.00 bits per heavy atom. The van der Waals surface area contributed by atoms with E-state index in [2.05, 4.69) is 15.4 Å². The maximum Gasteiger partial charge on any atom is 0.251 e. The molecular formula is C24H25N3O4S2. The molecule has 1 aromatic heterocycles. The minimum Gasteiger partial charge on any atom is -0.352 e. The van der Waals surface area contributed by atoms with E-state index in [1.807, 2.05) is 47.8 Å². The van der Waals surface area contributed by atoms with Gasteiger partial charge in [-0.15, -0.1) is 11.3 Å². The van der Waals surface area contributed by atoms with Crippen molar-refractivity contribution in [3.63, 3.8) is 0 Å². The molecule has 0 radical (unpaired) electrons. The van der Waals surface area contributed by atoms with Gasteiger partial charge in [0.2, 0.25) is 15.9 Å². The summed E-state index contributed by atoms with van der Waals surface area (Å²) in [5.74, 6) is -0.742. The first kappa shape index (κ1) is 23.2. The Balaban J connectivity index is 1.47. The highest BCUT2D eigenvalue weighted by Crippen LogP contribution is 2.19. The van der Waals surface area contributed by atoms with Gasteiger partial charge in [0.15, 0.2) is 0 Å². The number of hydrogen-bond acceptors (Lipinski definition) is 5. The summed E-state index contributed by atoms with van der Waals surface area (Å²) >= 11 is 1.46. The number of nitrogens with one attached hydrogen (secondary N) is 3. The fourth-order valence-electron chi connectivity index (χ4n) is 3.30. The Bertz CT molecular complexity index is 1210. The second-order valence-electron chi connectivity index (χ2n) is 7.93. The molecule has 1 aliphatic carbocycles. The third-order valence-electron chi connectivity index (χ3n) is 5.25. The SMILES string of the molecule is O=C(NC(Cc1ccccc1)C(=O)NC1CC1)c1cccc(S(=O)(=O)NCc2cccs2)c1. The fourth-order valence-corrected chi connectivity index (χ4v) is 5.09. The van der Waals surface area contributed by atoms with Crippen molar-refractivity contribution in [2.45, 2.75) is 42.8 Å². The highest BCUT2D eigenvalue weighted by molar-refractivity contribution is 7.89. The van der Waals surface area contributed by atoms with Crippen LogP contribution in [0, 0.1) is 0 Å². The summed E-state index contributed by atoms with van der Waals surface area (Å²) in [6.45, 7) is 0.177. The predicted octanol–water partition coefficient (Wildman–Crippen LogP) is 2.85. The van der Waals surface area contributed by atoms with Crippen molar-refractivity contribution in [1.29, 1.82) is 0 Å². The Morgan fingerprint density at radius 2 is 1.79 bits per heavy atom. The molecular weight excluding hydrogens is 458 g/mol. The molecule has 2 aromatic carbocycles. The van der Waals surface area contributed by atoms with Crippen molar-refractivity contribution in [2.75, 3.05) is 0 Å². The molecule has 172 valence electrons. The van der Waals surface area contributed by atoms with Crippen LogP contribution in [0.2, 0.25) is 0 Å². The van der Waals surface area contributed by atoms with E-state index in [-0.39, 0.29) is 29.0 Å². The highest BCUT2D eigenvalue weighted by atomic mass is 32.2. The van der Waals surface area contributed by atoms with Crippen LogP contribution in [0.15, 0.2) is 77.0 Å². The molecule has 1 saturated carbocycles. The van der Waals surface area contributed by atoms with Gasteiger partial charge >= 0.3 is 0 Å². The molecule has 4 rings (SSSR count). The monoisotopic (exact) mass is 483 g/mol. The minimum absolute atomic E-state index is 0.00579.